The first-order chi connectivity index (χ1) is 9.39. The van der Waals surface area contributed by atoms with E-state index in [1.54, 1.807) is 12.1 Å². The molecule has 0 unspecified atom stereocenters. The molecule has 0 saturated carbocycles. The summed E-state index contributed by atoms with van der Waals surface area (Å²) in [6.45, 7) is 0.170. The Bertz CT molecular complexity index is 719. The van der Waals surface area contributed by atoms with Crippen LogP contribution in [0.3, 0.4) is 0 Å². The van der Waals surface area contributed by atoms with Crippen molar-refractivity contribution in [1.82, 2.24) is 9.29 Å². The van der Waals surface area contributed by atoms with E-state index in [0.29, 0.717) is 10.0 Å². The maximum atomic E-state index is 12.4. The third-order valence-electron chi connectivity index (χ3n) is 2.70. The molecule has 0 saturated heterocycles. The van der Waals surface area contributed by atoms with Crippen molar-refractivity contribution in [2.75, 3.05) is 7.05 Å². The van der Waals surface area contributed by atoms with Crippen LogP contribution in [0.1, 0.15) is 5.56 Å². The predicted molar refractivity (Wildman–Crippen MR) is 78.7 cm³/mol. The van der Waals surface area contributed by atoms with E-state index >= 15 is 0 Å². The predicted octanol–water partition coefficient (Wildman–Crippen LogP) is 2.37. The number of aromatic nitrogens is 1. The summed E-state index contributed by atoms with van der Waals surface area (Å²) in [6, 6.07) is 8.00. The lowest BCUT2D eigenvalue weighted by Crippen LogP contribution is -2.26. The summed E-state index contributed by atoms with van der Waals surface area (Å²) in [5, 5.41) is 9.40. The molecule has 0 bridgehead atoms. The molecule has 0 aliphatic carbocycles. The maximum Gasteiger partial charge on any atom is 0.244 e. The smallest absolute Gasteiger partial charge is 0.244 e. The largest absolute Gasteiger partial charge is 0.508 e. The molecule has 0 spiro atoms. The van der Waals surface area contributed by atoms with Gasteiger partial charge in [0.1, 0.15) is 10.6 Å². The molecular weight excluding hydrogens is 344 g/mol. The van der Waals surface area contributed by atoms with Crippen LogP contribution in [0.15, 0.2) is 52.1 Å². The van der Waals surface area contributed by atoms with Gasteiger partial charge in [0, 0.05) is 30.5 Å². The number of phenols is 1. The number of aromatic hydroxyl groups is 1. The minimum atomic E-state index is -3.61. The molecule has 1 aromatic carbocycles. The van der Waals surface area contributed by atoms with Gasteiger partial charge in [0.25, 0.3) is 0 Å². The molecular formula is C13H13BrN2O3S. The second kappa shape index (κ2) is 5.90. The summed E-state index contributed by atoms with van der Waals surface area (Å²) in [7, 11) is -2.13. The van der Waals surface area contributed by atoms with Gasteiger partial charge in [-0.3, -0.25) is 4.98 Å². The zero-order chi connectivity index (χ0) is 14.8. The Kier molecular flexibility index (Phi) is 4.42. The van der Waals surface area contributed by atoms with Crippen LogP contribution in [-0.4, -0.2) is 29.9 Å². The lowest BCUT2D eigenvalue weighted by atomic mass is 10.2. The van der Waals surface area contributed by atoms with Crippen molar-refractivity contribution in [2.24, 2.45) is 0 Å². The van der Waals surface area contributed by atoms with Crippen LogP contribution >= 0.6 is 15.9 Å². The topological polar surface area (TPSA) is 70.5 Å². The quantitative estimate of drug-likeness (QED) is 0.912. The Morgan fingerprint density at radius 1 is 1.30 bits per heavy atom. The monoisotopic (exact) mass is 356 g/mol. The van der Waals surface area contributed by atoms with E-state index < -0.39 is 10.0 Å². The third kappa shape index (κ3) is 3.36. The second-order valence-corrected chi connectivity index (χ2v) is 7.23. The first-order valence-corrected chi connectivity index (χ1v) is 7.98. The van der Waals surface area contributed by atoms with Crippen LogP contribution in [-0.2, 0) is 16.6 Å². The zero-order valence-electron chi connectivity index (χ0n) is 10.7. The number of phenolic OH excluding ortho intramolecular Hbond substituents is 1. The Hall–Kier alpha value is -1.44. The van der Waals surface area contributed by atoms with Gasteiger partial charge in [-0.2, -0.15) is 4.31 Å². The normalized spacial score (nSPS) is 11.8. The number of hydrogen-bond donors (Lipinski definition) is 1. The molecule has 0 atom stereocenters. The Morgan fingerprint density at radius 2 is 2.05 bits per heavy atom. The van der Waals surface area contributed by atoms with Crippen LogP contribution in [0, 0.1) is 0 Å². The number of sulfonamides is 1. The van der Waals surface area contributed by atoms with Gasteiger partial charge in [0.15, 0.2) is 0 Å². The molecule has 106 valence electrons. The number of halogens is 1. The first-order valence-electron chi connectivity index (χ1n) is 5.74. The van der Waals surface area contributed by atoms with Crippen molar-refractivity contribution in [3.8, 4) is 5.75 Å². The molecule has 1 heterocycles. The Morgan fingerprint density at radius 3 is 2.70 bits per heavy atom. The van der Waals surface area contributed by atoms with Crippen molar-refractivity contribution < 1.29 is 13.5 Å². The van der Waals surface area contributed by atoms with E-state index in [1.165, 1.54) is 41.9 Å². The van der Waals surface area contributed by atoms with Crippen LogP contribution in [0.2, 0.25) is 0 Å². The molecule has 0 aliphatic rings. The van der Waals surface area contributed by atoms with Gasteiger partial charge in [-0.05, 0) is 39.7 Å². The highest BCUT2D eigenvalue weighted by Crippen LogP contribution is 2.20. The number of pyridine rings is 1. The summed E-state index contributed by atoms with van der Waals surface area (Å²) in [6.07, 6.45) is 2.83. The number of nitrogens with zero attached hydrogens (tertiary/aromatic N) is 2. The highest BCUT2D eigenvalue weighted by molar-refractivity contribution is 9.10. The van der Waals surface area contributed by atoms with E-state index in [9.17, 15) is 13.5 Å². The number of benzene rings is 1. The van der Waals surface area contributed by atoms with Crippen molar-refractivity contribution in [3.05, 3.63) is 52.8 Å². The van der Waals surface area contributed by atoms with Crippen molar-refractivity contribution >= 4 is 26.0 Å². The number of rotatable bonds is 4. The molecule has 5 nitrogen and oxygen atoms in total. The fourth-order valence-corrected chi connectivity index (χ4v) is 3.38. The lowest BCUT2D eigenvalue weighted by Gasteiger charge is -2.17. The SMILES string of the molecule is CN(Cc1cccc(O)c1)S(=O)(=O)c1cncc(Br)c1. The fourth-order valence-electron chi connectivity index (χ4n) is 1.71. The van der Waals surface area contributed by atoms with E-state index in [4.69, 9.17) is 0 Å². The second-order valence-electron chi connectivity index (χ2n) is 4.27. The Labute approximate surface area is 126 Å². The van der Waals surface area contributed by atoms with Gasteiger partial charge in [-0.15, -0.1) is 0 Å². The van der Waals surface area contributed by atoms with Crippen LogP contribution in [0.4, 0.5) is 0 Å². The summed E-state index contributed by atoms with van der Waals surface area (Å²) >= 11 is 3.20. The van der Waals surface area contributed by atoms with E-state index in [1.807, 2.05) is 0 Å². The van der Waals surface area contributed by atoms with Gasteiger partial charge in [0.2, 0.25) is 10.0 Å². The number of hydrogen-bond acceptors (Lipinski definition) is 4. The summed E-state index contributed by atoms with van der Waals surface area (Å²) in [4.78, 5) is 3.98. The van der Waals surface area contributed by atoms with Crippen molar-refractivity contribution in [1.29, 1.82) is 0 Å². The van der Waals surface area contributed by atoms with Gasteiger partial charge in [-0.25, -0.2) is 8.42 Å². The molecule has 2 aromatic rings. The maximum absolute atomic E-state index is 12.4. The lowest BCUT2D eigenvalue weighted by molar-refractivity contribution is 0.458. The van der Waals surface area contributed by atoms with E-state index in [2.05, 4.69) is 20.9 Å². The summed E-state index contributed by atoms with van der Waals surface area (Å²) < 4.78 is 26.6. The molecule has 2 rings (SSSR count). The third-order valence-corrected chi connectivity index (χ3v) is 4.91. The molecule has 0 amide bonds. The minimum absolute atomic E-state index is 0.109. The molecule has 7 heteroatoms. The van der Waals surface area contributed by atoms with E-state index in [0.717, 1.165) is 0 Å². The highest BCUT2D eigenvalue weighted by Gasteiger charge is 2.21. The molecule has 0 aliphatic heterocycles. The molecule has 20 heavy (non-hydrogen) atoms. The van der Waals surface area contributed by atoms with E-state index in [-0.39, 0.29) is 17.2 Å². The van der Waals surface area contributed by atoms with Gasteiger partial charge < -0.3 is 5.11 Å². The highest BCUT2D eigenvalue weighted by atomic mass is 79.9. The van der Waals surface area contributed by atoms with Crippen LogP contribution in [0.25, 0.3) is 0 Å². The first kappa shape index (κ1) is 15.0. The molecule has 0 fully saturated rings. The standard InChI is InChI=1S/C13H13BrN2O3S/c1-16(9-10-3-2-4-12(17)5-10)20(18,19)13-6-11(14)7-15-8-13/h2-8,17H,9H2,1H3. The minimum Gasteiger partial charge on any atom is -0.508 e. The van der Waals surface area contributed by atoms with Crippen LogP contribution in [0.5, 0.6) is 5.75 Å². The average Bonchev–Trinajstić information content (AvgIpc) is 2.38. The molecule has 0 radical (unpaired) electrons. The average molecular weight is 357 g/mol. The summed E-state index contributed by atoms with van der Waals surface area (Å²) in [5.41, 5.74) is 0.707. The Balaban J connectivity index is 2.26. The van der Waals surface area contributed by atoms with Gasteiger partial charge >= 0.3 is 0 Å². The van der Waals surface area contributed by atoms with Crippen LogP contribution < -0.4 is 0 Å². The summed E-state index contributed by atoms with van der Waals surface area (Å²) in [5.74, 6) is 0.109. The fraction of sp³-hybridized carbons (Fsp3) is 0.154. The van der Waals surface area contributed by atoms with Gasteiger partial charge in [-0.1, -0.05) is 12.1 Å². The van der Waals surface area contributed by atoms with Gasteiger partial charge in [0.05, 0.1) is 0 Å². The van der Waals surface area contributed by atoms with Crippen molar-refractivity contribution in [3.63, 3.8) is 0 Å². The zero-order valence-corrected chi connectivity index (χ0v) is 13.1. The molecule has 1 N–H and O–H groups in total. The molecule has 1 aromatic heterocycles. The van der Waals surface area contributed by atoms with Crippen molar-refractivity contribution in [2.45, 2.75) is 11.4 Å².